The molecule has 1 aliphatic heterocycles. The van der Waals surface area contributed by atoms with Gasteiger partial charge in [-0.15, -0.1) is 0 Å². The molecule has 16 heavy (non-hydrogen) atoms. The van der Waals surface area contributed by atoms with Gasteiger partial charge in [-0.3, -0.25) is 0 Å². The molecule has 1 N–H and O–H groups in total. The fraction of sp³-hybridized carbons (Fsp3) is 1.00. The van der Waals surface area contributed by atoms with E-state index in [2.05, 4.69) is 45.0 Å². The summed E-state index contributed by atoms with van der Waals surface area (Å²) in [6.07, 6.45) is 3.96. The van der Waals surface area contributed by atoms with Crippen LogP contribution in [0, 0.1) is 11.3 Å². The van der Waals surface area contributed by atoms with Crippen molar-refractivity contribution in [1.82, 2.24) is 10.2 Å². The maximum absolute atomic E-state index is 3.72. The van der Waals surface area contributed by atoms with Crippen molar-refractivity contribution >= 4 is 0 Å². The first-order chi connectivity index (χ1) is 7.41. The molecular formula is C14H30N2. The lowest BCUT2D eigenvalue weighted by Crippen LogP contribution is -2.44. The molecule has 0 aromatic rings. The zero-order valence-electron chi connectivity index (χ0n) is 11.8. The normalized spacial score (nSPS) is 23.6. The van der Waals surface area contributed by atoms with E-state index < -0.39 is 0 Å². The van der Waals surface area contributed by atoms with E-state index in [9.17, 15) is 0 Å². The Kier molecular flexibility index (Phi) is 5.26. The van der Waals surface area contributed by atoms with Crippen LogP contribution < -0.4 is 5.32 Å². The molecule has 0 spiro atoms. The van der Waals surface area contributed by atoms with Gasteiger partial charge in [0.15, 0.2) is 0 Å². The van der Waals surface area contributed by atoms with Gasteiger partial charge in [0.1, 0.15) is 0 Å². The van der Waals surface area contributed by atoms with Crippen LogP contribution in [0.5, 0.6) is 0 Å². The Morgan fingerprint density at radius 3 is 2.25 bits per heavy atom. The summed E-state index contributed by atoms with van der Waals surface area (Å²) in [5, 5.41) is 3.72. The average molecular weight is 226 g/mol. The smallest absolute Gasteiger partial charge is 0.00413 e. The largest absolute Gasteiger partial charge is 0.314 e. The third-order valence-electron chi connectivity index (χ3n) is 3.90. The molecule has 96 valence electrons. The van der Waals surface area contributed by atoms with Gasteiger partial charge in [-0.2, -0.15) is 0 Å². The van der Waals surface area contributed by atoms with Gasteiger partial charge in [-0.25, -0.2) is 0 Å². The second-order valence-electron chi connectivity index (χ2n) is 6.53. The lowest BCUT2D eigenvalue weighted by atomic mass is 9.80. The topological polar surface area (TPSA) is 15.3 Å². The molecule has 1 heterocycles. The first-order valence-corrected chi connectivity index (χ1v) is 6.83. The molecule has 0 aromatic carbocycles. The Bertz CT molecular complexity index is 193. The van der Waals surface area contributed by atoms with E-state index in [1.807, 2.05) is 0 Å². The fourth-order valence-electron chi connectivity index (χ4n) is 2.55. The predicted octanol–water partition coefficient (Wildman–Crippen LogP) is 2.74. The third kappa shape index (κ3) is 4.84. The van der Waals surface area contributed by atoms with Gasteiger partial charge in [0.25, 0.3) is 0 Å². The SMILES string of the molecule is CC(C)CC(C)NCC1(C)CCN(C)CC1. The molecule has 0 radical (unpaired) electrons. The van der Waals surface area contributed by atoms with Crippen molar-refractivity contribution in [2.45, 2.75) is 53.0 Å². The second-order valence-corrected chi connectivity index (χ2v) is 6.53. The first-order valence-electron chi connectivity index (χ1n) is 6.83. The molecule has 1 rings (SSSR count). The second kappa shape index (κ2) is 6.02. The first kappa shape index (κ1) is 14.0. The lowest BCUT2D eigenvalue weighted by Gasteiger charge is -2.38. The van der Waals surface area contributed by atoms with Crippen molar-refractivity contribution < 1.29 is 0 Å². The van der Waals surface area contributed by atoms with Crippen LogP contribution in [0.25, 0.3) is 0 Å². The summed E-state index contributed by atoms with van der Waals surface area (Å²) in [6.45, 7) is 13.1. The minimum atomic E-state index is 0.526. The van der Waals surface area contributed by atoms with Gasteiger partial charge < -0.3 is 10.2 Å². The number of hydrogen-bond donors (Lipinski definition) is 1. The minimum absolute atomic E-state index is 0.526. The quantitative estimate of drug-likeness (QED) is 0.775. The Hall–Kier alpha value is -0.0800. The van der Waals surface area contributed by atoms with Crippen LogP contribution in [-0.2, 0) is 0 Å². The van der Waals surface area contributed by atoms with Gasteiger partial charge in [-0.05, 0) is 57.7 Å². The van der Waals surface area contributed by atoms with Crippen LogP contribution in [0.4, 0.5) is 0 Å². The van der Waals surface area contributed by atoms with Crippen molar-refractivity contribution in [1.29, 1.82) is 0 Å². The van der Waals surface area contributed by atoms with E-state index in [0.717, 1.165) is 5.92 Å². The molecule has 2 nitrogen and oxygen atoms in total. The Labute approximate surface area is 102 Å². The van der Waals surface area contributed by atoms with Crippen LogP contribution in [-0.4, -0.2) is 37.6 Å². The summed E-state index contributed by atoms with van der Waals surface area (Å²) in [7, 11) is 2.23. The van der Waals surface area contributed by atoms with Gasteiger partial charge >= 0.3 is 0 Å². The summed E-state index contributed by atoms with van der Waals surface area (Å²) in [5.41, 5.74) is 0.526. The molecule has 0 amide bonds. The zero-order chi connectivity index (χ0) is 12.2. The van der Waals surface area contributed by atoms with Gasteiger partial charge in [-0.1, -0.05) is 20.8 Å². The summed E-state index contributed by atoms with van der Waals surface area (Å²) in [6, 6.07) is 0.663. The van der Waals surface area contributed by atoms with Crippen LogP contribution in [0.15, 0.2) is 0 Å². The summed E-state index contributed by atoms with van der Waals surface area (Å²) in [4.78, 5) is 2.44. The van der Waals surface area contributed by atoms with Gasteiger partial charge in [0.2, 0.25) is 0 Å². The van der Waals surface area contributed by atoms with E-state index in [1.165, 1.54) is 38.9 Å². The molecule has 0 bridgehead atoms. The molecule has 1 atom stereocenters. The summed E-state index contributed by atoms with van der Waals surface area (Å²) in [5.74, 6) is 0.799. The van der Waals surface area contributed by atoms with Crippen molar-refractivity contribution in [3.8, 4) is 0 Å². The van der Waals surface area contributed by atoms with Crippen molar-refractivity contribution in [2.75, 3.05) is 26.7 Å². The van der Waals surface area contributed by atoms with E-state index in [-0.39, 0.29) is 0 Å². The maximum Gasteiger partial charge on any atom is 0.00413 e. The third-order valence-corrected chi connectivity index (χ3v) is 3.90. The van der Waals surface area contributed by atoms with E-state index in [4.69, 9.17) is 0 Å². The molecule has 2 heteroatoms. The highest BCUT2D eigenvalue weighted by Gasteiger charge is 2.28. The maximum atomic E-state index is 3.72. The predicted molar refractivity (Wildman–Crippen MR) is 71.8 cm³/mol. The van der Waals surface area contributed by atoms with Crippen molar-refractivity contribution in [3.05, 3.63) is 0 Å². The van der Waals surface area contributed by atoms with Crippen LogP contribution in [0.1, 0.15) is 47.0 Å². The van der Waals surface area contributed by atoms with E-state index >= 15 is 0 Å². The molecular weight excluding hydrogens is 196 g/mol. The van der Waals surface area contributed by atoms with Crippen LogP contribution in [0.3, 0.4) is 0 Å². The Balaban J connectivity index is 2.25. The van der Waals surface area contributed by atoms with Crippen LogP contribution >= 0.6 is 0 Å². The average Bonchev–Trinajstić information content (AvgIpc) is 2.20. The van der Waals surface area contributed by atoms with E-state index in [1.54, 1.807) is 0 Å². The summed E-state index contributed by atoms with van der Waals surface area (Å²) >= 11 is 0. The van der Waals surface area contributed by atoms with Crippen molar-refractivity contribution in [2.24, 2.45) is 11.3 Å². The van der Waals surface area contributed by atoms with E-state index in [0.29, 0.717) is 11.5 Å². The molecule has 0 aromatic heterocycles. The van der Waals surface area contributed by atoms with Crippen molar-refractivity contribution in [3.63, 3.8) is 0 Å². The number of rotatable bonds is 5. The number of nitrogens with one attached hydrogen (secondary N) is 1. The summed E-state index contributed by atoms with van der Waals surface area (Å²) < 4.78 is 0. The molecule has 0 aliphatic carbocycles. The van der Waals surface area contributed by atoms with Crippen LogP contribution in [0.2, 0.25) is 0 Å². The van der Waals surface area contributed by atoms with Gasteiger partial charge in [0.05, 0.1) is 0 Å². The highest BCUT2D eigenvalue weighted by molar-refractivity contribution is 4.84. The fourth-order valence-corrected chi connectivity index (χ4v) is 2.55. The lowest BCUT2D eigenvalue weighted by molar-refractivity contribution is 0.133. The zero-order valence-corrected chi connectivity index (χ0v) is 11.8. The minimum Gasteiger partial charge on any atom is -0.314 e. The molecule has 1 fully saturated rings. The number of hydrogen-bond acceptors (Lipinski definition) is 2. The highest BCUT2D eigenvalue weighted by Crippen LogP contribution is 2.29. The number of nitrogens with zero attached hydrogens (tertiary/aromatic N) is 1. The highest BCUT2D eigenvalue weighted by atomic mass is 15.1. The number of likely N-dealkylation sites (tertiary alicyclic amines) is 1. The molecule has 1 unspecified atom stereocenters. The number of piperidine rings is 1. The molecule has 1 aliphatic rings. The van der Waals surface area contributed by atoms with Gasteiger partial charge in [0, 0.05) is 12.6 Å². The standard InChI is InChI=1S/C14H30N2/c1-12(2)10-13(3)15-11-14(4)6-8-16(5)9-7-14/h12-13,15H,6-11H2,1-5H3. The Morgan fingerprint density at radius 1 is 1.19 bits per heavy atom. The molecule has 0 saturated carbocycles. The monoisotopic (exact) mass is 226 g/mol. The Morgan fingerprint density at radius 2 is 1.75 bits per heavy atom. The molecule has 1 saturated heterocycles.